The van der Waals surface area contributed by atoms with Crippen LogP contribution in [0.5, 0.6) is 5.75 Å². The van der Waals surface area contributed by atoms with Crippen LogP contribution in [0, 0.1) is 0 Å². The molecule has 2 aliphatic rings. The van der Waals surface area contributed by atoms with Crippen LogP contribution in [-0.4, -0.2) is 88.6 Å². The predicted molar refractivity (Wildman–Crippen MR) is 111 cm³/mol. The molecule has 0 bridgehead atoms. The lowest BCUT2D eigenvalue weighted by molar-refractivity contribution is -0.0817. The fourth-order valence-corrected chi connectivity index (χ4v) is 3.59. The van der Waals surface area contributed by atoms with Crippen LogP contribution in [0.3, 0.4) is 0 Å². The summed E-state index contributed by atoms with van der Waals surface area (Å²) in [5.41, 5.74) is 1.17. The Labute approximate surface area is 168 Å². The van der Waals surface area contributed by atoms with Crippen LogP contribution in [-0.2, 0) is 16.0 Å². The number of likely N-dealkylation sites (N-methyl/N-ethyl adjacent to an activating group) is 1. The van der Waals surface area contributed by atoms with Gasteiger partial charge in [-0.05, 0) is 44.6 Å². The third-order valence-corrected chi connectivity index (χ3v) is 5.14. The van der Waals surface area contributed by atoms with Crippen molar-refractivity contribution in [1.82, 2.24) is 15.1 Å². The van der Waals surface area contributed by atoms with Crippen molar-refractivity contribution in [3.05, 3.63) is 29.8 Å². The molecule has 0 saturated carbocycles. The highest BCUT2D eigenvalue weighted by molar-refractivity contribution is 5.80. The van der Waals surface area contributed by atoms with Gasteiger partial charge in [0.1, 0.15) is 18.5 Å². The van der Waals surface area contributed by atoms with Gasteiger partial charge in [0.2, 0.25) is 0 Å². The molecule has 3 rings (SSSR count). The van der Waals surface area contributed by atoms with Crippen LogP contribution in [0.15, 0.2) is 29.3 Å². The summed E-state index contributed by atoms with van der Waals surface area (Å²) in [6.45, 7) is 5.51. The van der Waals surface area contributed by atoms with Crippen LogP contribution < -0.4 is 10.1 Å². The molecule has 7 nitrogen and oxygen atoms in total. The lowest BCUT2D eigenvalue weighted by atomic mass is 10.1. The van der Waals surface area contributed by atoms with Crippen molar-refractivity contribution >= 4 is 5.96 Å². The number of aliphatic imine (C=N–C) groups is 1. The van der Waals surface area contributed by atoms with Gasteiger partial charge in [-0.2, -0.15) is 0 Å². The second kappa shape index (κ2) is 10.6. The average molecular weight is 391 g/mol. The van der Waals surface area contributed by atoms with E-state index < -0.39 is 0 Å². The lowest BCUT2D eigenvalue weighted by Crippen LogP contribution is -2.53. The van der Waals surface area contributed by atoms with Crippen molar-refractivity contribution in [2.75, 3.05) is 60.6 Å². The van der Waals surface area contributed by atoms with E-state index in [0.29, 0.717) is 19.8 Å². The highest BCUT2D eigenvalue weighted by atomic mass is 16.5. The number of hydrogen-bond donors (Lipinski definition) is 1. The van der Waals surface area contributed by atoms with Crippen molar-refractivity contribution in [3.8, 4) is 5.75 Å². The molecule has 28 heavy (non-hydrogen) atoms. The number of morpholine rings is 1. The fourth-order valence-electron chi connectivity index (χ4n) is 3.59. The number of rotatable bonds is 7. The van der Waals surface area contributed by atoms with Crippen LogP contribution in [0.2, 0.25) is 0 Å². The number of nitrogens with zero attached hydrogens (tertiary/aromatic N) is 3. The molecule has 1 aromatic carbocycles. The van der Waals surface area contributed by atoms with Gasteiger partial charge in [0, 0.05) is 39.8 Å². The normalized spacial score (nSPS) is 23.3. The van der Waals surface area contributed by atoms with Gasteiger partial charge in [-0.15, -0.1) is 0 Å². The predicted octanol–water partition coefficient (Wildman–Crippen LogP) is 1.58. The topological polar surface area (TPSA) is 58.6 Å². The van der Waals surface area contributed by atoms with E-state index in [2.05, 4.69) is 32.2 Å². The molecule has 2 saturated heterocycles. The van der Waals surface area contributed by atoms with E-state index in [-0.39, 0.29) is 12.2 Å². The van der Waals surface area contributed by atoms with Crippen LogP contribution >= 0.6 is 0 Å². The van der Waals surface area contributed by atoms with Gasteiger partial charge >= 0.3 is 0 Å². The van der Waals surface area contributed by atoms with Gasteiger partial charge in [-0.3, -0.25) is 4.99 Å². The lowest BCUT2D eigenvalue weighted by Gasteiger charge is -2.37. The van der Waals surface area contributed by atoms with E-state index in [1.165, 1.54) is 5.56 Å². The third kappa shape index (κ3) is 6.09. The van der Waals surface area contributed by atoms with Gasteiger partial charge < -0.3 is 29.3 Å². The molecule has 2 unspecified atom stereocenters. The largest absolute Gasteiger partial charge is 0.492 e. The second-order valence-corrected chi connectivity index (χ2v) is 7.61. The molecule has 2 atom stereocenters. The van der Waals surface area contributed by atoms with Crippen LogP contribution in [0.4, 0.5) is 0 Å². The maximum Gasteiger partial charge on any atom is 0.194 e. The standard InChI is InChI=1S/C21H34N4O3/c1-22-21(25-10-13-28-20(16-25)19-8-5-11-27-19)23-15-17-6-4-7-18(14-17)26-12-9-24(2)3/h4,6-7,14,19-20H,5,8-13,15-16H2,1-3H3,(H,22,23). The highest BCUT2D eigenvalue weighted by Gasteiger charge is 2.32. The van der Waals surface area contributed by atoms with Crippen LogP contribution in [0.1, 0.15) is 18.4 Å². The van der Waals surface area contributed by atoms with Crippen LogP contribution in [0.25, 0.3) is 0 Å². The molecule has 1 N–H and O–H groups in total. The molecule has 7 heteroatoms. The molecule has 0 aromatic heterocycles. The van der Waals surface area contributed by atoms with E-state index in [1.54, 1.807) is 0 Å². The molecule has 0 spiro atoms. The summed E-state index contributed by atoms with van der Waals surface area (Å²) in [6.07, 6.45) is 2.57. The summed E-state index contributed by atoms with van der Waals surface area (Å²) in [4.78, 5) is 8.86. The maximum atomic E-state index is 5.95. The number of ether oxygens (including phenoxy) is 3. The van der Waals surface area contributed by atoms with Crippen molar-refractivity contribution in [1.29, 1.82) is 0 Å². The monoisotopic (exact) mass is 390 g/mol. The zero-order valence-electron chi connectivity index (χ0n) is 17.4. The van der Waals surface area contributed by atoms with E-state index in [1.807, 2.05) is 33.3 Å². The maximum absolute atomic E-state index is 5.95. The quantitative estimate of drug-likeness (QED) is 0.564. The molecule has 2 aliphatic heterocycles. The summed E-state index contributed by atoms with van der Waals surface area (Å²) < 4.78 is 17.6. The van der Waals surface area contributed by atoms with Crippen molar-refractivity contribution in [2.24, 2.45) is 4.99 Å². The Morgan fingerprint density at radius 2 is 2.14 bits per heavy atom. The number of nitrogens with one attached hydrogen (secondary N) is 1. The van der Waals surface area contributed by atoms with Gasteiger partial charge in [-0.1, -0.05) is 12.1 Å². The summed E-state index contributed by atoms with van der Waals surface area (Å²) in [5.74, 6) is 1.81. The Balaban J connectivity index is 1.51. The Kier molecular flexibility index (Phi) is 7.94. The molecular formula is C21H34N4O3. The van der Waals surface area contributed by atoms with Crippen molar-refractivity contribution in [3.63, 3.8) is 0 Å². The summed E-state index contributed by atoms with van der Waals surface area (Å²) in [5, 5.41) is 3.48. The number of guanidine groups is 1. The first-order valence-electron chi connectivity index (χ1n) is 10.2. The van der Waals surface area contributed by atoms with E-state index in [9.17, 15) is 0 Å². The average Bonchev–Trinajstić information content (AvgIpc) is 3.24. The highest BCUT2D eigenvalue weighted by Crippen LogP contribution is 2.21. The minimum Gasteiger partial charge on any atom is -0.492 e. The first-order valence-corrected chi connectivity index (χ1v) is 10.2. The Morgan fingerprint density at radius 1 is 1.29 bits per heavy atom. The molecule has 1 aromatic rings. The fraction of sp³-hybridized carbons (Fsp3) is 0.667. The minimum absolute atomic E-state index is 0.128. The summed E-state index contributed by atoms with van der Waals surface area (Å²) in [7, 11) is 5.92. The van der Waals surface area contributed by atoms with Gasteiger partial charge in [0.15, 0.2) is 5.96 Å². The smallest absolute Gasteiger partial charge is 0.194 e. The molecule has 0 aliphatic carbocycles. The molecule has 156 valence electrons. The van der Waals surface area contributed by atoms with E-state index in [4.69, 9.17) is 14.2 Å². The number of hydrogen-bond acceptors (Lipinski definition) is 5. The van der Waals surface area contributed by atoms with Gasteiger partial charge in [0.05, 0.1) is 12.7 Å². The first kappa shape index (κ1) is 20.9. The van der Waals surface area contributed by atoms with Crippen molar-refractivity contribution in [2.45, 2.75) is 31.6 Å². The zero-order chi connectivity index (χ0) is 19.8. The SMILES string of the molecule is CN=C(NCc1cccc(OCCN(C)C)c1)N1CCOC(C2CCCO2)C1. The second-order valence-electron chi connectivity index (χ2n) is 7.61. The first-order chi connectivity index (χ1) is 13.7. The Bertz CT molecular complexity index is 632. The van der Waals surface area contributed by atoms with Gasteiger partial charge in [0.25, 0.3) is 0 Å². The zero-order valence-corrected chi connectivity index (χ0v) is 17.4. The summed E-state index contributed by atoms with van der Waals surface area (Å²) in [6, 6.07) is 8.23. The van der Waals surface area contributed by atoms with Gasteiger partial charge in [-0.25, -0.2) is 0 Å². The Morgan fingerprint density at radius 3 is 2.89 bits per heavy atom. The molecule has 0 amide bonds. The van der Waals surface area contributed by atoms with Crippen molar-refractivity contribution < 1.29 is 14.2 Å². The molecule has 2 fully saturated rings. The number of benzene rings is 1. The van der Waals surface area contributed by atoms with E-state index in [0.717, 1.165) is 50.8 Å². The molecule has 2 heterocycles. The molecule has 0 radical (unpaired) electrons. The molecular weight excluding hydrogens is 356 g/mol. The van der Waals surface area contributed by atoms with E-state index >= 15 is 0 Å². The minimum atomic E-state index is 0.128. The third-order valence-electron chi connectivity index (χ3n) is 5.14. The Hall–Kier alpha value is -1.83. The summed E-state index contributed by atoms with van der Waals surface area (Å²) >= 11 is 0.